The summed E-state index contributed by atoms with van der Waals surface area (Å²) in [5.41, 5.74) is 0.702. The molecule has 0 bridgehead atoms. The van der Waals surface area contributed by atoms with Crippen LogP contribution in [0.3, 0.4) is 0 Å². The molecule has 2 aromatic carbocycles. The maximum absolute atomic E-state index is 13.6. The number of benzene rings is 2. The van der Waals surface area contributed by atoms with Gasteiger partial charge in [0.2, 0.25) is 15.9 Å². The summed E-state index contributed by atoms with van der Waals surface area (Å²) in [5, 5.41) is 2.59. The number of carbonyl (C=O) groups is 1. The van der Waals surface area contributed by atoms with Crippen molar-refractivity contribution in [2.45, 2.75) is 24.8 Å². The van der Waals surface area contributed by atoms with E-state index in [2.05, 4.69) is 26.0 Å². The Bertz CT molecular complexity index is 926. The third-order valence-electron chi connectivity index (χ3n) is 3.20. The van der Waals surface area contributed by atoms with E-state index in [1.807, 2.05) is 0 Å². The molecule has 0 aliphatic heterocycles. The van der Waals surface area contributed by atoms with Crippen LogP contribution in [0.15, 0.2) is 57.9 Å². The molecule has 0 fully saturated rings. The Labute approximate surface area is 160 Å². The van der Waals surface area contributed by atoms with Gasteiger partial charge in [0, 0.05) is 27.8 Å². The van der Waals surface area contributed by atoms with E-state index in [9.17, 15) is 17.6 Å². The molecule has 0 aliphatic rings. The summed E-state index contributed by atoms with van der Waals surface area (Å²) in [5.74, 6) is -0.898. The molecular weight excluding hydrogens is 423 g/mol. The molecule has 0 aromatic heterocycles. The summed E-state index contributed by atoms with van der Waals surface area (Å²) in [6.07, 6.45) is 2.57. The summed E-state index contributed by atoms with van der Waals surface area (Å²) in [6.45, 7) is 3.46. The van der Waals surface area contributed by atoms with Crippen LogP contribution in [0, 0.1) is 5.82 Å². The maximum Gasteiger partial charge on any atom is 0.248 e. The highest BCUT2D eigenvalue weighted by Gasteiger charge is 2.14. The van der Waals surface area contributed by atoms with Crippen molar-refractivity contribution in [2.24, 2.45) is 0 Å². The second-order valence-corrected chi connectivity index (χ2v) is 8.42. The fourth-order valence-corrected chi connectivity index (χ4v) is 3.72. The first-order chi connectivity index (χ1) is 12.2. The number of hydrogen-bond donors (Lipinski definition) is 2. The molecule has 1 amide bonds. The Hall–Kier alpha value is -2.03. The number of carbonyl (C=O) groups excluding carboxylic acids is 1. The fourth-order valence-electron chi connectivity index (χ4n) is 2.09. The van der Waals surface area contributed by atoms with Crippen molar-refractivity contribution < 1.29 is 17.6 Å². The monoisotopic (exact) mass is 440 g/mol. The van der Waals surface area contributed by atoms with E-state index in [1.54, 1.807) is 26.0 Å². The Morgan fingerprint density at radius 3 is 2.42 bits per heavy atom. The molecule has 8 heteroatoms. The van der Waals surface area contributed by atoms with E-state index >= 15 is 0 Å². The van der Waals surface area contributed by atoms with Crippen LogP contribution in [-0.2, 0) is 14.8 Å². The number of rotatable bonds is 6. The molecule has 2 rings (SSSR count). The van der Waals surface area contributed by atoms with Gasteiger partial charge < -0.3 is 5.32 Å². The highest BCUT2D eigenvalue weighted by Crippen LogP contribution is 2.17. The highest BCUT2D eigenvalue weighted by molar-refractivity contribution is 9.10. The van der Waals surface area contributed by atoms with E-state index in [4.69, 9.17) is 0 Å². The number of amides is 1. The minimum atomic E-state index is -3.58. The lowest BCUT2D eigenvalue weighted by molar-refractivity contribution is -0.111. The van der Waals surface area contributed by atoms with Gasteiger partial charge in [-0.3, -0.25) is 4.79 Å². The van der Waals surface area contributed by atoms with Crippen LogP contribution >= 0.6 is 15.9 Å². The molecule has 0 atom stereocenters. The molecule has 0 spiro atoms. The van der Waals surface area contributed by atoms with Gasteiger partial charge in [0.1, 0.15) is 5.82 Å². The average Bonchev–Trinajstić information content (AvgIpc) is 2.55. The summed E-state index contributed by atoms with van der Waals surface area (Å²) in [6, 6.07) is 9.97. The van der Waals surface area contributed by atoms with Gasteiger partial charge in [0.15, 0.2) is 0 Å². The summed E-state index contributed by atoms with van der Waals surface area (Å²) in [7, 11) is -3.58. The minimum absolute atomic E-state index is 0.107. The van der Waals surface area contributed by atoms with Gasteiger partial charge in [0.25, 0.3) is 0 Å². The third-order valence-corrected chi connectivity index (χ3v) is 5.36. The van der Waals surface area contributed by atoms with Crippen molar-refractivity contribution in [1.82, 2.24) is 4.72 Å². The van der Waals surface area contributed by atoms with Crippen molar-refractivity contribution in [3.8, 4) is 0 Å². The van der Waals surface area contributed by atoms with Crippen molar-refractivity contribution in [1.29, 1.82) is 0 Å². The van der Waals surface area contributed by atoms with E-state index < -0.39 is 21.7 Å². The topological polar surface area (TPSA) is 75.3 Å². The Balaban J connectivity index is 2.06. The Morgan fingerprint density at radius 2 is 1.81 bits per heavy atom. The number of halogens is 2. The second kappa shape index (κ2) is 8.57. The summed E-state index contributed by atoms with van der Waals surface area (Å²) in [4.78, 5) is 12.1. The number of nitrogens with one attached hydrogen (secondary N) is 2. The smallest absolute Gasteiger partial charge is 0.248 e. The van der Waals surface area contributed by atoms with E-state index in [1.165, 1.54) is 42.5 Å². The van der Waals surface area contributed by atoms with Crippen molar-refractivity contribution in [3.63, 3.8) is 0 Å². The molecule has 0 saturated heterocycles. The lowest BCUT2D eigenvalue weighted by atomic mass is 10.2. The van der Waals surface area contributed by atoms with Crippen LogP contribution < -0.4 is 10.0 Å². The summed E-state index contributed by atoms with van der Waals surface area (Å²) < 4.78 is 40.9. The molecule has 0 saturated carbocycles. The van der Waals surface area contributed by atoms with Gasteiger partial charge in [0.05, 0.1) is 4.90 Å². The largest absolute Gasteiger partial charge is 0.323 e. The molecule has 138 valence electrons. The van der Waals surface area contributed by atoms with Crippen LogP contribution in [-0.4, -0.2) is 20.4 Å². The van der Waals surface area contributed by atoms with Crippen molar-refractivity contribution in [3.05, 3.63) is 64.4 Å². The lowest BCUT2D eigenvalue weighted by Gasteiger charge is -2.10. The molecule has 0 heterocycles. The van der Waals surface area contributed by atoms with Gasteiger partial charge in [-0.15, -0.1) is 0 Å². The van der Waals surface area contributed by atoms with E-state index in [-0.39, 0.29) is 16.5 Å². The van der Waals surface area contributed by atoms with Crippen LogP contribution in [0.5, 0.6) is 0 Å². The van der Waals surface area contributed by atoms with Crippen LogP contribution in [0.25, 0.3) is 6.08 Å². The quantitative estimate of drug-likeness (QED) is 0.668. The second-order valence-electron chi connectivity index (χ2n) is 5.79. The molecule has 2 N–H and O–H groups in total. The van der Waals surface area contributed by atoms with Gasteiger partial charge in [-0.2, -0.15) is 0 Å². The molecule has 0 radical (unpaired) electrons. The summed E-state index contributed by atoms with van der Waals surface area (Å²) >= 11 is 3.24. The number of anilines is 1. The first-order valence-electron chi connectivity index (χ1n) is 7.74. The van der Waals surface area contributed by atoms with Gasteiger partial charge in [-0.1, -0.05) is 15.9 Å². The molecule has 0 unspecified atom stereocenters. The van der Waals surface area contributed by atoms with Crippen LogP contribution in [0.2, 0.25) is 0 Å². The predicted molar refractivity (Wildman–Crippen MR) is 104 cm³/mol. The molecule has 0 aliphatic carbocycles. The van der Waals surface area contributed by atoms with E-state index in [0.29, 0.717) is 10.2 Å². The standard InChI is InChI=1S/C18H18BrFN2O3S/c1-12(2)22-26(24,25)16-7-5-15(6-8-16)21-18(23)10-3-13-11-14(19)4-9-17(13)20/h3-12,22H,1-2H3,(H,21,23)/b10-3+. The molecule has 26 heavy (non-hydrogen) atoms. The molecule has 5 nitrogen and oxygen atoms in total. The van der Waals surface area contributed by atoms with E-state index in [0.717, 1.165) is 0 Å². The van der Waals surface area contributed by atoms with Crippen molar-refractivity contribution >= 4 is 43.6 Å². The Morgan fingerprint density at radius 1 is 1.15 bits per heavy atom. The average molecular weight is 441 g/mol. The minimum Gasteiger partial charge on any atom is -0.323 e. The van der Waals surface area contributed by atoms with Crippen molar-refractivity contribution in [2.75, 3.05) is 5.32 Å². The maximum atomic E-state index is 13.6. The lowest BCUT2D eigenvalue weighted by Crippen LogP contribution is -2.30. The van der Waals surface area contributed by atoms with Gasteiger partial charge in [-0.05, 0) is 62.4 Å². The van der Waals surface area contributed by atoms with Crippen LogP contribution in [0.1, 0.15) is 19.4 Å². The zero-order valence-electron chi connectivity index (χ0n) is 14.2. The zero-order chi connectivity index (χ0) is 19.3. The normalized spacial score (nSPS) is 11.9. The molecule has 2 aromatic rings. The first kappa shape index (κ1) is 20.3. The third kappa shape index (κ3) is 5.76. The van der Waals surface area contributed by atoms with Gasteiger partial charge >= 0.3 is 0 Å². The van der Waals surface area contributed by atoms with Crippen LogP contribution in [0.4, 0.5) is 10.1 Å². The van der Waals surface area contributed by atoms with Gasteiger partial charge in [-0.25, -0.2) is 17.5 Å². The number of hydrogen-bond acceptors (Lipinski definition) is 3. The SMILES string of the molecule is CC(C)NS(=O)(=O)c1ccc(NC(=O)/C=C/c2cc(Br)ccc2F)cc1. The zero-order valence-corrected chi connectivity index (χ0v) is 16.6. The number of sulfonamides is 1. The highest BCUT2D eigenvalue weighted by atomic mass is 79.9. The first-order valence-corrected chi connectivity index (χ1v) is 10.0. The molecular formula is C18H18BrFN2O3S. The Kier molecular flexibility index (Phi) is 6.69. The fraction of sp³-hybridized carbons (Fsp3) is 0.167. The predicted octanol–water partition coefficient (Wildman–Crippen LogP) is 3.93.